The van der Waals surface area contributed by atoms with Crippen LogP contribution in [0.1, 0.15) is 38.3 Å². The minimum Gasteiger partial charge on any atom is -0.502 e. The summed E-state index contributed by atoms with van der Waals surface area (Å²) in [6, 6.07) is 9.78. The van der Waals surface area contributed by atoms with E-state index in [1.54, 1.807) is 6.07 Å². The van der Waals surface area contributed by atoms with Crippen molar-refractivity contribution in [2.75, 3.05) is 0 Å². The van der Waals surface area contributed by atoms with Gasteiger partial charge in [-0.15, -0.1) is 0 Å². The molecule has 0 bridgehead atoms. The molecule has 1 heterocycles. The van der Waals surface area contributed by atoms with Gasteiger partial charge in [0.15, 0.2) is 11.4 Å². The van der Waals surface area contributed by atoms with Crippen LogP contribution in [-0.2, 0) is 6.42 Å². The van der Waals surface area contributed by atoms with Crippen molar-refractivity contribution in [3.63, 3.8) is 0 Å². The number of hydrogen-bond donors (Lipinski definition) is 1. The molecule has 0 aliphatic heterocycles. The van der Waals surface area contributed by atoms with E-state index in [2.05, 4.69) is 24.0 Å². The Labute approximate surface area is 102 Å². The van der Waals surface area contributed by atoms with Crippen molar-refractivity contribution in [3.05, 3.63) is 36.0 Å². The second kappa shape index (κ2) is 5.67. The number of H-pyrrole nitrogens is 1. The predicted molar refractivity (Wildman–Crippen MR) is 70.0 cm³/mol. The summed E-state index contributed by atoms with van der Waals surface area (Å²) in [5.41, 5.74) is 2.05. The Hall–Kier alpha value is -1.57. The van der Waals surface area contributed by atoms with Gasteiger partial charge in [-0.1, -0.05) is 32.3 Å². The van der Waals surface area contributed by atoms with Crippen molar-refractivity contribution < 1.29 is 10.1 Å². The highest BCUT2D eigenvalue weighted by atomic mass is 16.3. The molecule has 17 heavy (non-hydrogen) atoms. The fourth-order valence-corrected chi connectivity index (χ4v) is 2.11. The van der Waals surface area contributed by atoms with Crippen molar-refractivity contribution >= 4 is 10.9 Å². The third-order valence-corrected chi connectivity index (χ3v) is 3.12. The van der Waals surface area contributed by atoms with Gasteiger partial charge in [-0.05, 0) is 24.6 Å². The van der Waals surface area contributed by atoms with Gasteiger partial charge in [0.25, 0.3) is 5.52 Å². The lowest BCUT2D eigenvalue weighted by molar-refractivity contribution is -0.358. The number of phenolic OH excluding ortho intramolecular Hbond substituents is 1. The summed E-state index contributed by atoms with van der Waals surface area (Å²) in [4.78, 5) is 3.32. The number of aromatic hydroxyl groups is 1. The maximum absolute atomic E-state index is 9.77. The number of unbranched alkanes of at least 4 members (excludes halogenated alkanes) is 3. The normalized spacial score (nSPS) is 10.9. The molecule has 0 unspecified atom stereocenters. The van der Waals surface area contributed by atoms with Gasteiger partial charge in [-0.25, -0.2) is 4.98 Å². The van der Waals surface area contributed by atoms with E-state index in [1.165, 1.54) is 31.4 Å². The average Bonchev–Trinajstić information content (AvgIpc) is 2.36. The monoisotopic (exact) mass is 230 g/mol. The zero-order valence-electron chi connectivity index (χ0n) is 10.4. The molecule has 0 atom stereocenters. The quantitative estimate of drug-likeness (QED) is 0.784. The van der Waals surface area contributed by atoms with E-state index in [0.717, 1.165) is 17.3 Å². The first kappa shape index (κ1) is 11.9. The highest BCUT2D eigenvalue weighted by Gasteiger charge is 2.08. The molecule has 90 valence electrons. The Kier molecular flexibility index (Phi) is 3.97. The first-order valence-corrected chi connectivity index (χ1v) is 6.44. The maximum Gasteiger partial charge on any atom is 0.253 e. The van der Waals surface area contributed by atoms with E-state index in [9.17, 15) is 5.11 Å². The van der Waals surface area contributed by atoms with Crippen LogP contribution in [0.25, 0.3) is 10.9 Å². The molecule has 0 spiro atoms. The van der Waals surface area contributed by atoms with Crippen molar-refractivity contribution in [1.29, 1.82) is 0 Å². The number of pyridine rings is 1. The minimum absolute atomic E-state index is 0.331. The summed E-state index contributed by atoms with van der Waals surface area (Å²) in [6.45, 7) is 2.22. The van der Waals surface area contributed by atoms with E-state index < -0.39 is 0 Å². The third kappa shape index (κ3) is 2.96. The van der Waals surface area contributed by atoms with Crippen molar-refractivity contribution in [2.45, 2.75) is 39.0 Å². The van der Waals surface area contributed by atoms with Gasteiger partial charge in [0.2, 0.25) is 0 Å². The lowest BCUT2D eigenvalue weighted by Gasteiger charge is -1.99. The molecule has 2 heteroatoms. The van der Waals surface area contributed by atoms with Crippen LogP contribution < -0.4 is 4.98 Å². The van der Waals surface area contributed by atoms with E-state index in [0.29, 0.717) is 5.75 Å². The average molecular weight is 230 g/mol. The predicted octanol–water partition coefficient (Wildman–Crippen LogP) is 3.48. The fourth-order valence-electron chi connectivity index (χ4n) is 2.11. The molecule has 1 aromatic carbocycles. The van der Waals surface area contributed by atoms with Gasteiger partial charge in [-0.3, -0.25) is 0 Å². The Balaban J connectivity index is 2.11. The van der Waals surface area contributed by atoms with Gasteiger partial charge in [0, 0.05) is 12.5 Å². The Morgan fingerprint density at radius 3 is 2.76 bits per heavy atom. The smallest absolute Gasteiger partial charge is 0.253 e. The second-order valence-electron chi connectivity index (χ2n) is 4.54. The van der Waals surface area contributed by atoms with Crippen LogP contribution in [0.3, 0.4) is 0 Å². The van der Waals surface area contributed by atoms with E-state index >= 15 is 0 Å². The standard InChI is InChI=1S/C15H19NO/c1-2-3-4-5-8-13-11-10-12-7-6-9-14(17)15(12)16-13/h6-7,9-11,17H,2-5,8H2,1H3/p+1. The number of benzene rings is 1. The first-order chi connectivity index (χ1) is 8.31. The van der Waals surface area contributed by atoms with Crippen LogP contribution in [-0.4, -0.2) is 5.11 Å². The van der Waals surface area contributed by atoms with Crippen LogP contribution in [0, 0.1) is 0 Å². The zero-order valence-corrected chi connectivity index (χ0v) is 10.4. The van der Waals surface area contributed by atoms with Crippen LogP contribution in [0.2, 0.25) is 0 Å². The number of aryl methyl sites for hydroxylation is 1. The molecular formula is C15H20NO+. The number of phenols is 1. The van der Waals surface area contributed by atoms with Gasteiger partial charge >= 0.3 is 0 Å². The largest absolute Gasteiger partial charge is 0.502 e. The molecule has 2 aromatic rings. The number of fused-ring (bicyclic) bond motifs is 1. The molecule has 2 N–H and O–H groups in total. The molecule has 0 fully saturated rings. The van der Waals surface area contributed by atoms with Crippen molar-refractivity contribution in [1.82, 2.24) is 0 Å². The fraction of sp³-hybridized carbons (Fsp3) is 0.400. The first-order valence-electron chi connectivity index (χ1n) is 6.44. The van der Waals surface area contributed by atoms with Crippen LogP contribution in [0.15, 0.2) is 30.3 Å². The summed E-state index contributed by atoms with van der Waals surface area (Å²) in [5, 5.41) is 10.8. The Morgan fingerprint density at radius 1 is 1.06 bits per heavy atom. The second-order valence-corrected chi connectivity index (χ2v) is 4.54. The maximum atomic E-state index is 9.77. The highest BCUT2D eigenvalue weighted by molar-refractivity contribution is 5.80. The molecule has 0 saturated heterocycles. The van der Waals surface area contributed by atoms with Gasteiger partial charge in [0.1, 0.15) is 0 Å². The lowest BCUT2D eigenvalue weighted by atomic mass is 10.1. The molecule has 2 rings (SSSR count). The number of aromatic amines is 1. The highest BCUT2D eigenvalue weighted by Crippen LogP contribution is 2.19. The molecule has 0 amide bonds. The summed E-state index contributed by atoms with van der Waals surface area (Å²) in [7, 11) is 0. The van der Waals surface area contributed by atoms with E-state index in [4.69, 9.17) is 0 Å². The SMILES string of the molecule is CCCCCCc1ccc2cccc(O)c2[nH+]1. The molecule has 0 aliphatic rings. The number of rotatable bonds is 5. The Morgan fingerprint density at radius 2 is 1.94 bits per heavy atom. The summed E-state index contributed by atoms with van der Waals surface area (Å²) in [5.74, 6) is 0.331. The van der Waals surface area contributed by atoms with Crippen LogP contribution in [0.4, 0.5) is 0 Å². The van der Waals surface area contributed by atoms with Gasteiger partial charge in [-0.2, -0.15) is 0 Å². The van der Waals surface area contributed by atoms with Gasteiger partial charge in [0.05, 0.1) is 5.39 Å². The number of hydrogen-bond acceptors (Lipinski definition) is 1. The number of para-hydroxylation sites is 1. The molecular weight excluding hydrogens is 210 g/mol. The van der Waals surface area contributed by atoms with Crippen LogP contribution >= 0.6 is 0 Å². The van der Waals surface area contributed by atoms with E-state index in [-0.39, 0.29) is 0 Å². The summed E-state index contributed by atoms with van der Waals surface area (Å²) >= 11 is 0. The lowest BCUT2D eigenvalue weighted by Crippen LogP contribution is -2.11. The zero-order chi connectivity index (χ0) is 12.1. The molecule has 0 radical (unpaired) electrons. The van der Waals surface area contributed by atoms with Gasteiger partial charge < -0.3 is 5.11 Å². The number of aromatic nitrogens is 1. The third-order valence-electron chi connectivity index (χ3n) is 3.12. The van der Waals surface area contributed by atoms with Crippen LogP contribution in [0.5, 0.6) is 5.75 Å². The molecule has 2 nitrogen and oxygen atoms in total. The molecule has 0 aliphatic carbocycles. The topological polar surface area (TPSA) is 34.4 Å². The van der Waals surface area contributed by atoms with Crippen molar-refractivity contribution in [3.8, 4) is 5.75 Å². The summed E-state index contributed by atoms with van der Waals surface area (Å²) in [6.07, 6.45) is 6.12. The van der Waals surface area contributed by atoms with Crippen molar-refractivity contribution in [2.24, 2.45) is 0 Å². The number of nitrogens with one attached hydrogen (secondary N) is 1. The molecule has 1 aromatic heterocycles. The minimum atomic E-state index is 0.331. The summed E-state index contributed by atoms with van der Waals surface area (Å²) < 4.78 is 0. The van der Waals surface area contributed by atoms with E-state index in [1.807, 2.05) is 12.1 Å². The molecule has 0 saturated carbocycles. The Bertz CT molecular complexity index is 493.